The molecular formula is C9H11IN2O2. The van der Waals surface area contributed by atoms with Crippen molar-refractivity contribution in [2.45, 2.75) is 6.92 Å². The van der Waals surface area contributed by atoms with Gasteiger partial charge in [-0.25, -0.2) is 4.98 Å². The van der Waals surface area contributed by atoms with Gasteiger partial charge in [-0.05, 0) is 35.6 Å². The van der Waals surface area contributed by atoms with Crippen LogP contribution in [0.5, 0.6) is 0 Å². The number of pyridine rings is 1. The minimum atomic E-state index is -0.190. The summed E-state index contributed by atoms with van der Waals surface area (Å²) < 4.78 is 5.78. The molecule has 1 rings (SSSR count). The lowest BCUT2D eigenvalue weighted by Gasteiger charge is -2.07. The molecule has 0 aliphatic carbocycles. The number of methoxy groups -OCH3 is 1. The van der Waals surface area contributed by atoms with E-state index < -0.39 is 0 Å². The Morgan fingerprint density at radius 1 is 1.71 bits per heavy atom. The molecule has 1 amide bonds. The van der Waals surface area contributed by atoms with Crippen molar-refractivity contribution < 1.29 is 9.53 Å². The third kappa shape index (κ3) is 2.91. The Morgan fingerprint density at radius 2 is 2.43 bits per heavy atom. The second kappa shape index (κ2) is 5.26. The molecule has 0 bridgehead atoms. The van der Waals surface area contributed by atoms with Crippen LogP contribution < -0.4 is 5.32 Å². The van der Waals surface area contributed by atoms with Crippen LogP contribution in [-0.4, -0.2) is 24.6 Å². The molecule has 4 nitrogen and oxygen atoms in total. The summed E-state index contributed by atoms with van der Waals surface area (Å²) in [4.78, 5) is 15.3. The molecule has 1 heterocycles. The lowest BCUT2D eigenvalue weighted by molar-refractivity contribution is -0.119. The van der Waals surface area contributed by atoms with Gasteiger partial charge >= 0.3 is 0 Å². The van der Waals surface area contributed by atoms with Gasteiger partial charge in [0.2, 0.25) is 0 Å². The van der Waals surface area contributed by atoms with E-state index in [2.05, 4.69) is 32.9 Å². The highest BCUT2D eigenvalue weighted by Gasteiger charge is 2.06. The normalized spacial score (nSPS) is 9.93. The average Bonchev–Trinajstić information content (AvgIpc) is 2.13. The first-order valence-corrected chi connectivity index (χ1v) is 5.13. The van der Waals surface area contributed by atoms with Crippen LogP contribution in [0.2, 0.25) is 0 Å². The maximum Gasteiger partial charge on any atom is 0.251 e. The Hall–Kier alpha value is -0.690. The Balaban J connectivity index is 2.76. The summed E-state index contributed by atoms with van der Waals surface area (Å²) in [5, 5.41) is 2.67. The van der Waals surface area contributed by atoms with Gasteiger partial charge in [-0.2, -0.15) is 0 Å². The van der Waals surface area contributed by atoms with Crippen LogP contribution >= 0.6 is 22.6 Å². The molecule has 0 fully saturated rings. The highest BCUT2D eigenvalue weighted by Crippen LogP contribution is 2.17. The van der Waals surface area contributed by atoms with E-state index in [4.69, 9.17) is 4.74 Å². The zero-order valence-corrected chi connectivity index (χ0v) is 10.2. The van der Waals surface area contributed by atoms with Crippen molar-refractivity contribution in [1.29, 1.82) is 0 Å². The molecule has 0 saturated heterocycles. The number of nitrogens with one attached hydrogen (secondary N) is 1. The van der Waals surface area contributed by atoms with E-state index >= 15 is 0 Å². The molecule has 1 aromatic rings. The highest BCUT2D eigenvalue weighted by molar-refractivity contribution is 14.1. The van der Waals surface area contributed by atoms with Crippen molar-refractivity contribution in [3.63, 3.8) is 0 Å². The number of carbonyl (C=O) groups excluding carboxylic acids is 1. The molecule has 0 atom stereocenters. The van der Waals surface area contributed by atoms with Crippen molar-refractivity contribution in [2.75, 3.05) is 19.0 Å². The maximum atomic E-state index is 11.2. The van der Waals surface area contributed by atoms with Crippen LogP contribution in [0.25, 0.3) is 0 Å². The van der Waals surface area contributed by atoms with E-state index in [9.17, 15) is 4.79 Å². The van der Waals surface area contributed by atoms with Crippen molar-refractivity contribution in [3.8, 4) is 0 Å². The third-order valence-corrected chi connectivity index (χ3v) is 2.84. The van der Waals surface area contributed by atoms with Crippen molar-refractivity contribution in [3.05, 3.63) is 21.4 Å². The Morgan fingerprint density at radius 3 is 3.07 bits per heavy atom. The number of ether oxygens (including phenoxy) is 1. The molecule has 0 saturated carbocycles. The summed E-state index contributed by atoms with van der Waals surface area (Å²) in [6, 6.07) is 1.89. The van der Waals surface area contributed by atoms with E-state index in [1.807, 2.05) is 13.0 Å². The number of rotatable bonds is 3. The van der Waals surface area contributed by atoms with E-state index in [1.165, 1.54) is 7.11 Å². The summed E-state index contributed by atoms with van der Waals surface area (Å²) >= 11 is 2.20. The molecule has 0 spiro atoms. The number of hydrogen-bond donors (Lipinski definition) is 1. The zero-order chi connectivity index (χ0) is 10.6. The SMILES string of the molecule is COCC(=O)Nc1nccc(I)c1C. The molecule has 1 aromatic heterocycles. The fourth-order valence-electron chi connectivity index (χ4n) is 0.937. The van der Waals surface area contributed by atoms with Crippen molar-refractivity contribution in [2.24, 2.45) is 0 Å². The van der Waals surface area contributed by atoms with Gasteiger partial charge in [-0.3, -0.25) is 4.79 Å². The summed E-state index contributed by atoms with van der Waals surface area (Å²) in [5.74, 6) is 0.407. The molecule has 0 aliphatic rings. The minimum absolute atomic E-state index is 0.0482. The minimum Gasteiger partial charge on any atom is -0.375 e. The molecule has 0 radical (unpaired) electrons. The van der Waals surface area contributed by atoms with Gasteiger partial charge in [-0.15, -0.1) is 0 Å². The van der Waals surface area contributed by atoms with Crippen LogP contribution in [-0.2, 0) is 9.53 Å². The van der Waals surface area contributed by atoms with Crippen molar-refractivity contribution in [1.82, 2.24) is 4.98 Å². The number of carbonyl (C=O) groups is 1. The summed E-state index contributed by atoms with van der Waals surface area (Å²) in [6.07, 6.45) is 1.66. The first-order chi connectivity index (χ1) is 6.65. The molecular weight excluding hydrogens is 295 g/mol. The smallest absolute Gasteiger partial charge is 0.251 e. The van der Waals surface area contributed by atoms with Crippen LogP contribution in [0.15, 0.2) is 12.3 Å². The van der Waals surface area contributed by atoms with Crippen LogP contribution in [0.1, 0.15) is 5.56 Å². The Labute approximate surface area is 96.2 Å². The fourth-order valence-corrected chi connectivity index (χ4v) is 1.35. The van der Waals surface area contributed by atoms with Crippen molar-refractivity contribution >= 4 is 34.3 Å². The second-order valence-corrected chi connectivity index (χ2v) is 3.91. The molecule has 0 aliphatic heterocycles. The molecule has 14 heavy (non-hydrogen) atoms. The average molecular weight is 306 g/mol. The Kier molecular flexibility index (Phi) is 4.27. The molecule has 1 N–H and O–H groups in total. The predicted molar refractivity (Wildman–Crippen MR) is 62.2 cm³/mol. The molecule has 5 heteroatoms. The van der Waals surface area contributed by atoms with E-state index in [1.54, 1.807) is 6.20 Å². The van der Waals surface area contributed by atoms with Gasteiger partial charge < -0.3 is 10.1 Å². The monoisotopic (exact) mass is 306 g/mol. The second-order valence-electron chi connectivity index (χ2n) is 2.75. The fraction of sp³-hybridized carbons (Fsp3) is 0.333. The number of amides is 1. The van der Waals surface area contributed by atoms with Gasteiger partial charge in [-0.1, -0.05) is 0 Å². The lowest BCUT2D eigenvalue weighted by Crippen LogP contribution is -2.18. The first kappa shape index (κ1) is 11.4. The van der Waals surface area contributed by atoms with Gasteiger partial charge in [0.15, 0.2) is 0 Å². The lowest BCUT2D eigenvalue weighted by atomic mass is 10.3. The van der Waals surface area contributed by atoms with Crippen LogP contribution in [0.3, 0.4) is 0 Å². The predicted octanol–water partition coefficient (Wildman–Crippen LogP) is 1.58. The quantitative estimate of drug-likeness (QED) is 0.863. The summed E-state index contributed by atoms with van der Waals surface area (Å²) in [5.41, 5.74) is 0.970. The largest absolute Gasteiger partial charge is 0.375 e. The van der Waals surface area contributed by atoms with E-state index in [-0.39, 0.29) is 12.5 Å². The number of nitrogens with zero attached hydrogens (tertiary/aromatic N) is 1. The van der Waals surface area contributed by atoms with Gasteiger partial charge in [0.25, 0.3) is 5.91 Å². The Bertz CT molecular complexity index is 342. The molecule has 0 unspecified atom stereocenters. The molecule has 76 valence electrons. The first-order valence-electron chi connectivity index (χ1n) is 4.05. The highest BCUT2D eigenvalue weighted by atomic mass is 127. The van der Waals surface area contributed by atoms with Gasteiger partial charge in [0.05, 0.1) is 0 Å². The zero-order valence-electron chi connectivity index (χ0n) is 8.00. The van der Waals surface area contributed by atoms with E-state index in [0.717, 1.165) is 9.13 Å². The standard InChI is InChI=1S/C9H11IN2O2/c1-6-7(10)3-4-11-9(6)12-8(13)5-14-2/h3-4H,5H2,1-2H3,(H,11,12,13). The topological polar surface area (TPSA) is 51.2 Å². The number of hydrogen-bond acceptors (Lipinski definition) is 3. The number of aromatic nitrogens is 1. The third-order valence-electron chi connectivity index (χ3n) is 1.67. The van der Waals surface area contributed by atoms with Crippen LogP contribution in [0.4, 0.5) is 5.82 Å². The summed E-state index contributed by atoms with van der Waals surface area (Å²) in [6.45, 7) is 1.96. The summed E-state index contributed by atoms with van der Waals surface area (Å²) in [7, 11) is 1.48. The molecule has 0 aromatic carbocycles. The number of anilines is 1. The van der Waals surface area contributed by atoms with Gasteiger partial charge in [0, 0.05) is 22.4 Å². The van der Waals surface area contributed by atoms with E-state index in [0.29, 0.717) is 5.82 Å². The number of halogens is 1. The van der Waals surface area contributed by atoms with Gasteiger partial charge in [0.1, 0.15) is 12.4 Å². The van der Waals surface area contributed by atoms with Crippen LogP contribution in [0, 0.1) is 10.5 Å². The maximum absolute atomic E-state index is 11.2.